The average Bonchev–Trinajstić information content (AvgIpc) is 3.09. The summed E-state index contributed by atoms with van der Waals surface area (Å²) < 4.78 is 0. The van der Waals surface area contributed by atoms with Gasteiger partial charge in [-0.2, -0.15) is 0 Å². The highest BCUT2D eigenvalue weighted by molar-refractivity contribution is 7.14. The van der Waals surface area contributed by atoms with Crippen molar-refractivity contribution >= 4 is 28.1 Å². The number of aromatic nitrogens is 1. The standard InChI is InChI=1S/C22H25N3OS/c1-22(2,3)17-11-9-15(10-12-17)19-14-27-21(23-19)24-20(26)16-7-6-8-18(13-16)25(4)5/h6-14H,1-5H3,(H,23,24,26). The van der Waals surface area contributed by atoms with E-state index >= 15 is 0 Å². The molecule has 140 valence electrons. The summed E-state index contributed by atoms with van der Waals surface area (Å²) >= 11 is 1.43. The number of benzene rings is 2. The van der Waals surface area contributed by atoms with Gasteiger partial charge in [0.2, 0.25) is 0 Å². The Labute approximate surface area is 164 Å². The summed E-state index contributed by atoms with van der Waals surface area (Å²) in [4.78, 5) is 19.1. The highest BCUT2D eigenvalue weighted by Gasteiger charge is 2.14. The van der Waals surface area contributed by atoms with Crippen molar-refractivity contribution in [1.29, 1.82) is 0 Å². The summed E-state index contributed by atoms with van der Waals surface area (Å²) in [5, 5.41) is 5.47. The van der Waals surface area contributed by atoms with Gasteiger partial charge in [-0.1, -0.05) is 51.1 Å². The van der Waals surface area contributed by atoms with Crippen LogP contribution < -0.4 is 10.2 Å². The van der Waals surface area contributed by atoms with Gasteiger partial charge in [0.15, 0.2) is 5.13 Å². The van der Waals surface area contributed by atoms with Gasteiger partial charge in [0.05, 0.1) is 5.69 Å². The van der Waals surface area contributed by atoms with Crippen LogP contribution in [-0.2, 0) is 5.41 Å². The van der Waals surface area contributed by atoms with Crippen LogP contribution in [-0.4, -0.2) is 25.0 Å². The van der Waals surface area contributed by atoms with Crippen molar-refractivity contribution in [3.8, 4) is 11.3 Å². The Morgan fingerprint density at radius 2 is 1.78 bits per heavy atom. The van der Waals surface area contributed by atoms with Crippen LogP contribution in [0, 0.1) is 0 Å². The molecule has 1 amide bonds. The Kier molecular flexibility index (Phi) is 5.33. The third-order valence-electron chi connectivity index (χ3n) is 4.40. The van der Waals surface area contributed by atoms with E-state index in [1.807, 2.05) is 48.6 Å². The molecular weight excluding hydrogens is 354 g/mol. The van der Waals surface area contributed by atoms with Gasteiger partial charge in [-0.05, 0) is 29.2 Å². The molecule has 0 aliphatic rings. The molecule has 1 heterocycles. The molecule has 3 rings (SSSR count). The number of rotatable bonds is 4. The second kappa shape index (κ2) is 7.53. The fourth-order valence-electron chi connectivity index (χ4n) is 2.70. The first-order chi connectivity index (χ1) is 12.7. The molecule has 5 heteroatoms. The third-order valence-corrected chi connectivity index (χ3v) is 5.15. The summed E-state index contributed by atoms with van der Waals surface area (Å²) in [6.45, 7) is 6.59. The Morgan fingerprint density at radius 1 is 1.07 bits per heavy atom. The van der Waals surface area contributed by atoms with Gasteiger partial charge in [-0.3, -0.25) is 10.1 Å². The molecule has 1 aromatic heterocycles. The van der Waals surface area contributed by atoms with Crippen LogP contribution in [0.5, 0.6) is 0 Å². The lowest BCUT2D eigenvalue weighted by atomic mass is 9.86. The quantitative estimate of drug-likeness (QED) is 0.658. The predicted octanol–water partition coefficient (Wildman–Crippen LogP) is 5.43. The number of amides is 1. The van der Waals surface area contributed by atoms with Crippen molar-refractivity contribution in [3.05, 3.63) is 65.0 Å². The molecule has 0 spiro atoms. The number of thiazole rings is 1. The highest BCUT2D eigenvalue weighted by atomic mass is 32.1. The van der Waals surface area contributed by atoms with Gasteiger partial charge in [-0.15, -0.1) is 11.3 Å². The average molecular weight is 380 g/mol. The highest BCUT2D eigenvalue weighted by Crippen LogP contribution is 2.28. The molecule has 27 heavy (non-hydrogen) atoms. The SMILES string of the molecule is CN(C)c1cccc(C(=O)Nc2nc(-c3ccc(C(C)(C)C)cc3)cs2)c1. The molecule has 0 aliphatic heterocycles. The number of carbonyl (C=O) groups excluding carboxylic acids is 1. The molecule has 0 radical (unpaired) electrons. The van der Waals surface area contributed by atoms with E-state index in [4.69, 9.17) is 0 Å². The summed E-state index contributed by atoms with van der Waals surface area (Å²) in [5.41, 5.74) is 4.94. The van der Waals surface area contributed by atoms with Crippen molar-refractivity contribution < 1.29 is 4.79 Å². The molecule has 0 atom stereocenters. The number of anilines is 2. The lowest BCUT2D eigenvalue weighted by molar-refractivity contribution is 0.102. The van der Waals surface area contributed by atoms with Crippen LogP contribution in [0.25, 0.3) is 11.3 Å². The van der Waals surface area contributed by atoms with Crippen LogP contribution >= 0.6 is 11.3 Å². The fourth-order valence-corrected chi connectivity index (χ4v) is 3.41. The van der Waals surface area contributed by atoms with E-state index in [9.17, 15) is 4.79 Å². The minimum absolute atomic E-state index is 0.126. The van der Waals surface area contributed by atoms with Crippen molar-refractivity contribution in [2.24, 2.45) is 0 Å². The molecule has 0 saturated heterocycles. The van der Waals surface area contributed by atoms with Gasteiger partial charge in [-0.25, -0.2) is 4.98 Å². The van der Waals surface area contributed by atoms with E-state index in [0.29, 0.717) is 10.7 Å². The van der Waals surface area contributed by atoms with Gasteiger partial charge in [0.25, 0.3) is 5.91 Å². The molecule has 0 unspecified atom stereocenters. The van der Waals surface area contributed by atoms with Crippen molar-refractivity contribution in [2.45, 2.75) is 26.2 Å². The lowest BCUT2D eigenvalue weighted by Gasteiger charge is -2.18. The normalized spacial score (nSPS) is 11.3. The van der Waals surface area contributed by atoms with Crippen LogP contribution in [0.1, 0.15) is 36.7 Å². The summed E-state index contributed by atoms with van der Waals surface area (Å²) in [5.74, 6) is -0.150. The monoisotopic (exact) mass is 379 g/mol. The van der Waals surface area contributed by atoms with Gasteiger partial charge >= 0.3 is 0 Å². The Bertz CT molecular complexity index is 937. The third kappa shape index (κ3) is 4.55. The topological polar surface area (TPSA) is 45.2 Å². The number of carbonyl (C=O) groups is 1. The van der Waals surface area contributed by atoms with E-state index in [0.717, 1.165) is 16.9 Å². The van der Waals surface area contributed by atoms with Gasteiger partial charge in [0, 0.05) is 36.3 Å². The van der Waals surface area contributed by atoms with Crippen molar-refractivity contribution in [2.75, 3.05) is 24.3 Å². The minimum atomic E-state index is -0.150. The van der Waals surface area contributed by atoms with Crippen LogP contribution in [0.2, 0.25) is 0 Å². The van der Waals surface area contributed by atoms with E-state index < -0.39 is 0 Å². The molecular formula is C22H25N3OS. The first-order valence-electron chi connectivity index (χ1n) is 8.89. The van der Waals surface area contributed by atoms with Gasteiger partial charge < -0.3 is 4.90 Å². The minimum Gasteiger partial charge on any atom is -0.378 e. The zero-order valence-electron chi connectivity index (χ0n) is 16.4. The second-order valence-corrected chi connectivity index (χ2v) is 8.62. The van der Waals surface area contributed by atoms with Crippen LogP contribution in [0.15, 0.2) is 53.9 Å². The zero-order chi connectivity index (χ0) is 19.6. The van der Waals surface area contributed by atoms with Gasteiger partial charge in [0.1, 0.15) is 0 Å². The molecule has 1 N–H and O–H groups in total. The number of hydrogen-bond donors (Lipinski definition) is 1. The first-order valence-corrected chi connectivity index (χ1v) is 9.77. The van der Waals surface area contributed by atoms with Crippen molar-refractivity contribution in [3.63, 3.8) is 0 Å². The van der Waals surface area contributed by atoms with E-state index in [-0.39, 0.29) is 11.3 Å². The molecule has 0 fully saturated rings. The second-order valence-electron chi connectivity index (χ2n) is 7.76. The Hall–Kier alpha value is -2.66. The maximum atomic E-state index is 12.5. The summed E-state index contributed by atoms with van der Waals surface area (Å²) in [6.07, 6.45) is 0. The van der Waals surface area contributed by atoms with E-state index in [1.54, 1.807) is 0 Å². The number of hydrogen-bond acceptors (Lipinski definition) is 4. The fraction of sp³-hybridized carbons (Fsp3) is 0.273. The van der Waals surface area contributed by atoms with Crippen LogP contribution in [0.4, 0.5) is 10.8 Å². The largest absolute Gasteiger partial charge is 0.378 e. The first kappa shape index (κ1) is 19.1. The number of nitrogens with zero attached hydrogens (tertiary/aromatic N) is 2. The summed E-state index contributed by atoms with van der Waals surface area (Å²) in [7, 11) is 3.91. The summed E-state index contributed by atoms with van der Waals surface area (Å²) in [6, 6.07) is 16.0. The molecule has 3 aromatic rings. The van der Waals surface area contributed by atoms with Crippen LogP contribution in [0.3, 0.4) is 0 Å². The molecule has 2 aromatic carbocycles. The smallest absolute Gasteiger partial charge is 0.257 e. The maximum absolute atomic E-state index is 12.5. The Morgan fingerprint density at radius 3 is 2.41 bits per heavy atom. The van der Waals surface area contributed by atoms with Crippen molar-refractivity contribution in [1.82, 2.24) is 4.98 Å². The molecule has 0 bridgehead atoms. The Balaban J connectivity index is 1.74. The van der Waals surface area contributed by atoms with E-state index in [2.05, 4.69) is 55.3 Å². The zero-order valence-corrected chi connectivity index (χ0v) is 17.2. The number of nitrogens with one attached hydrogen (secondary N) is 1. The molecule has 0 saturated carbocycles. The predicted molar refractivity (Wildman–Crippen MR) is 115 cm³/mol. The van der Waals surface area contributed by atoms with E-state index in [1.165, 1.54) is 16.9 Å². The lowest BCUT2D eigenvalue weighted by Crippen LogP contribution is -2.14. The molecule has 4 nitrogen and oxygen atoms in total. The maximum Gasteiger partial charge on any atom is 0.257 e. The molecule has 0 aliphatic carbocycles.